The van der Waals surface area contributed by atoms with Gasteiger partial charge in [-0.3, -0.25) is 4.79 Å². The van der Waals surface area contributed by atoms with Crippen molar-refractivity contribution in [3.8, 4) is 5.75 Å². The van der Waals surface area contributed by atoms with Gasteiger partial charge in [-0.05, 0) is 54.1 Å². The van der Waals surface area contributed by atoms with Crippen LogP contribution in [0.4, 0.5) is 17.6 Å². The Hall–Kier alpha value is -3.73. The van der Waals surface area contributed by atoms with Crippen LogP contribution >= 0.6 is 0 Å². The Morgan fingerprint density at radius 3 is 2.36 bits per heavy atom. The number of hydrazone groups is 1. The first-order chi connectivity index (χ1) is 15.5. The molecule has 6 nitrogen and oxygen atoms in total. The van der Waals surface area contributed by atoms with Crippen molar-refractivity contribution in [3.63, 3.8) is 0 Å². The molecule has 0 heterocycles. The molecular formula is C22H16F4N2O4S. The molecule has 1 N–H and O–H groups in total. The number of amides is 1. The van der Waals surface area contributed by atoms with Gasteiger partial charge in [0.05, 0.1) is 18.2 Å². The first-order valence-electron chi connectivity index (χ1n) is 9.32. The highest BCUT2D eigenvalue weighted by Gasteiger charge is 2.31. The summed E-state index contributed by atoms with van der Waals surface area (Å²) in [5.74, 6) is -1.17. The van der Waals surface area contributed by atoms with Gasteiger partial charge in [0.15, 0.2) is 5.75 Å². The fourth-order valence-electron chi connectivity index (χ4n) is 2.69. The lowest BCUT2D eigenvalue weighted by molar-refractivity contribution is -0.137. The number of nitrogens with one attached hydrogen (secondary N) is 1. The predicted octanol–water partition coefficient (Wildman–Crippen LogP) is 4.31. The highest BCUT2D eigenvalue weighted by molar-refractivity contribution is 7.87. The molecule has 0 bridgehead atoms. The van der Waals surface area contributed by atoms with Gasteiger partial charge < -0.3 is 4.18 Å². The number of benzene rings is 3. The van der Waals surface area contributed by atoms with Crippen molar-refractivity contribution in [2.45, 2.75) is 17.5 Å². The maximum atomic E-state index is 13.2. The lowest BCUT2D eigenvalue weighted by Crippen LogP contribution is -2.20. The summed E-state index contributed by atoms with van der Waals surface area (Å²) >= 11 is 0. The van der Waals surface area contributed by atoms with Gasteiger partial charge in [-0.25, -0.2) is 9.82 Å². The Kier molecular flexibility index (Phi) is 7.12. The van der Waals surface area contributed by atoms with Gasteiger partial charge in [0, 0.05) is 5.56 Å². The fourth-order valence-corrected chi connectivity index (χ4v) is 3.64. The molecule has 0 aliphatic rings. The maximum Gasteiger partial charge on any atom is 0.416 e. The largest absolute Gasteiger partial charge is 0.416 e. The summed E-state index contributed by atoms with van der Waals surface area (Å²) in [5, 5.41) is 3.74. The second kappa shape index (κ2) is 9.82. The quantitative estimate of drug-likeness (QED) is 0.237. The smallest absolute Gasteiger partial charge is 0.378 e. The summed E-state index contributed by atoms with van der Waals surface area (Å²) in [4.78, 5) is 11.5. The molecule has 172 valence electrons. The van der Waals surface area contributed by atoms with Crippen molar-refractivity contribution in [2.75, 3.05) is 0 Å². The Morgan fingerprint density at radius 1 is 1.00 bits per heavy atom. The molecule has 0 radical (unpaired) electrons. The van der Waals surface area contributed by atoms with Crippen LogP contribution in [0.5, 0.6) is 5.75 Å². The second-order valence-corrected chi connectivity index (χ2v) is 8.24. The van der Waals surface area contributed by atoms with E-state index in [9.17, 15) is 30.8 Å². The average molecular weight is 480 g/mol. The maximum absolute atomic E-state index is 13.2. The van der Waals surface area contributed by atoms with Crippen LogP contribution in [0.15, 0.2) is 82.8 Å². The van der Waals surface area contributed by atoms with Crippen LogP contribution in [-0.4, -0.2) is 20.5 Å². The average Bonchev–Trinajstić information content (AvgIpc) is 2.74. The van der Waals surface area contributed by atoms with Gasteiger partial charge >= 0.3 is 16.3 Å². The number of nitrogens with zero attached hydrogens (tertiary/aromatic N) is 1. The van der Waals surface area contributed by atoms with Gasteiger partial charge in [0.2, 0.25) is 5.91 Å². The van der Waals surface area contributed by atoms with Crippen LogP contribution in [0.1, 0.15) is 16.7 Å². The van der Waals surface area contributed by atoms with Gasteiger partial charge in [0.1, 0.15) is 10.7 Å². The van der Waals surface area contributed by atoms with E-state index in [2.05, 4.69) is 10.5 Å². The van der Waals surface area contributed by atoms with E-state index < -0.39 is 38.5 Å². The highest BCUT2D eigenvalue weighted by atomic mass is 32.2. The van der Waals surface area contributed by atoms with Crippen LogP contribution in [0.3, 0.4) is 0 Å². The molecule has 1 amide bonds. The molecule has 0 saturated heterocycles. The van der Waals surface area contributed by atoms with Crippen molar-refractivity contribution in [1.29, 1.82) is 0 Å². The number of hydrogen-bond donors (Lipinski definition) is 1. The van der Waals surface area contributed by atoms with Crippen LogP contribution < -0.4 is 9.61 Å². The van der Waals surface area contributed by atoms with Crippen LogP contribution in [0.25, 0.3) is 0 Å². The minimum Gasteiger partial charge on any atom is -0.378 e. The molecule has 0 aliphatic heterocycles. The second-order valence-electron chi connectivity index (χ2n) is 6.70. The van der Waals surface area contributed by atoms with Crippen LogP contribution in [0, 0.1) is 5.82 Å². The first kappa shape index (κ1) is 23.9. The minimum absolute atomic E-state index is 0.129. The normalized spacial score (nSPS) is 12.0. The number of carbonyl (C=O) groups is 1. The Balaban J connectivity index is 1.70. The molecule has 0 saturated carbocycles. The summed E-state index contributed by atoms with van der Waals surface area (Å²) in [7, 11) is -4.44. The van der Waals surface area contributed by atoms with Crippen molar-refractivity contribution in [3.05, 3.63) is 95.3 Å². The van der Waals surface area contributed by atoms with E-state index in [1.165, 1.54) is 36.4 Å². The minimum atomic E-state index is -4.61. The number of hydrogen-bond acceptors (Lipinski definition) is 5. The number of rotatable bonds is 7. The molecule has 0 spiro atoms. The van der Waals surface area contributed by atoms with Gasteiger partial charge in [-0.1, -0.05) is 24.3 Å². The van der Waals surface area contributed by atoms with E-state index in [1.807, 2.05) is 0 Å². The number of carbonyl (C=O) groups excluding carboxylic acids is 1. The molecule has 3 rings (SSSR count). The number of alkyl halides is 3. The third kappa shape index (κ3) is 6.62. The van der Waals surface area contributed by atoms with E-state index in [1.54, 1.807) is 12.1 Å². The zero-order chi connectivity index (χ0) is 24.1. The topological polar surface area (TPSA) is 84.8 Å². The lowest BCUT2D eigenvalue weighted by Gasteiger charge is -2.11. The highest BCUT2D eigenvalue weighted by Crippen LogP contribution is 2.30. The number of para-hydroxylation sites is 1. The first-order valence-corrected chi connectivity index (χ1v) is 10.7. The molecule has 0 atom stereocenters. The van der Waals surface area contributed by atoms with E-state index in [4.69, 9.17) is 4.18 Å². The lowest BCUT2D eigenvalue weighted by atomic mass is 10.1. The van der Waals surface area contributed by atoms with Gasteiger partial charge in [-0.2, -0.15) is 26.7 Å². The van der Waals surface area contributed by atoms with Crippen molar-refractivity contribution in [1.82, 2.24) is 5.43 Å². The molecule has 0 unspecified atom stereocenters. The van der Waals surface area contributed by atoms with Gasteiger partial charge in [0.25, 0.3) is 0 Å². The molecular weight excluding hydrogens is 464 g/mol. The molecule has 33 heavy (non-hydrogen) atoms. The molecule has 0 fully saturated rings. The van der Waals surface area contributed by atoms with Crippen molar-refractivity contribution < 1.29 is 35.0 Å². The van der Waals surface area contributed by atoms with Crippen molar-refractivity contribution in [2.24, 2.45) is 5.10 Å². The Morgan fingerprint density at radius 2 is 1.70 bits per heavy atom. The van der Waals surface area contributed by atoms with Crippen molar-refractivity contribution >= 4 is 22.2 Å². The number of halogens is 4. The molecule has 3 aromatic rings. The summed E-state index contributed by atoms with van der Waals surface area (Å²) in [6, 6.07) is 14.2. The molecule has 11 heteroatoms. The zero-order valence-corrected chi connectivity index (χ0v) is 17.5. The summed E-state index contributed by atoms with van der Waals surface area (Å²) in [6.07, 6.45) is -3.60. The van der Waals surface area contributed by atoms with E-state index in [0.29, 0.717) is 17.7 Å². The van der Waals surface area contributed by atoms with E-state index in [0.717, 1.165) is 18.3 Å². The molecule has 0 aliphatic carbocycles. The summed E-state index contributed by atoms with van der Waals surface area (Å²) in [6.45, 7) is 0. The summed E-state index contributed by atoms with van der Waals surface area (Å²) in [5.41, 5.74) is 1.86. The fraction of sp³-hybridized carbons (Fsp3) is 0.0909. The Labute approximate surface area is 186 Å². The molecule has 3 aromatic carbocycles. The van der Waals surface area contributed by atoms with E-state index >= 15 is 0 Å². The van der Waals surface area contributed by atoms with Crippen LogP contribution in [-0.2, 0) is 27.5 Å². The standard InChI is InChI=1S/C22H16F4N2O4S/c23-18-6-3-4-15(12-18)13-21(29)28-27-14-16-5-1-2-7-20(16)32-33(30,31)19-10-8-17(9-11-19)22(24,25)26/h1-12,14H,13H2,(H,28,29). The summed E-state index contributed by atoms with van der Waals surface area (Å²) < 4.78 is 81.3. The predicted molar refractivity (Wildman–Crippen MR) is 112 cm³/mol. The SMILES string of the molecule is O=C(Cc1cccc(F)c1)NN=Cc1ccccc1OS(=O)(=O)c1ccc(C(F)(F)F)cc1. The monoisotopic (exact) mass is 480 g/mol. The Bertz CT molecular complexity index is 1270. The third-order valence-electron chi connectivity index (χ3n) is 4.24. The molecule has 0 aromatic heterocycles. The van der Waals surface area contributed by atoms with E-state index in [-0.39, 0.29) is 17.7 Å². The third-order valence-corrected chi connectivity index (χ3v) is 5.48. The zero-order valence-electron chi connectivity index (χ0n) is 16.7. The van der Waals surface area contributed by atoms with Gasteiger partial charge in [-0.15, -0.1) is 0 Å². The van der Waals surface area contributed by atoms with Crippen LogP contribution in [0.2, 0.25) is 0 Å².